The zero-order chi connectivity index (χ0) is 23.6. The molecule has 0 aliphatic carbocycles. The van der Waals surface area contributed by atoms with Crippen molar-refractivity contribution in [3.05, 3.63) is 58.7 Å². The fraction of sp³-hybridized carbons (Fsp3) is 0.375. The van der Waals surface area contributed by atoms with Gasteiger partial charge in [0, 0.05) is 13.1 Å². The highest BCUT2D eigenvalue weighted by Crippen LogP contribution is 2.19. The van der Waals surface area contributed by atoms with Gasteiger partial charge in [-0.1, -0.05) is 43.6 Å². The molecule has 32 heavy (non-hydrogen) atoms. The molecule has 172 valence electrons. The van der Waals surface area contributed by atoms with Gasteiger partial charge in [0.1, 0.15) is 5.84 Å². The molecule has 3 N–H and O–H groups in total. The second-order valence-corrected chi connectivity index (χ2v) is 7.03. The lowest BCUT2D eigenvalue weighted by Crippen LogP contribution is -2.41. The van der Waals surface area contributed by atoms with Gasteiger partial charge in [0.05, 0.1) is 43.1 Å². The Morgan fingerprint density at radius 2 is 2.09 bits per heavy atom. The lowest BCUT2D eigenvalue weighted by atomic mass is 10.1. The Bertz CT molecular complexity index is 865. The number of morpholine rings is 1. The van der Waals surface area contributed by atoms with Crippen LogP contribution in [0.1, 0.15) is 13.8 Å². The summed E-state index contributed by atoms with van der Waals surface area (Å²) < 4.78 is 5.50. The highest BCUT2D eigenvalue weighted by atomic mass is 32.1. The Morgan fingerprint density at radius 3 is 2.72 bits per heavy atom. The number of nitrogens with zero attached hydrogens (tertiary/aromatic N) is 4. The molecule has 8 heteroatoms. The summed E-state index contributed by atoms with van der Waals surface area (Å²) in [5, 5.41) is 6.73. The highest BCUT2D eigenvalue weighted by molar-refractivity contribution is 7.85. The number of thiol groups is 1. The van der Waals surface area contributed by atoms with E-state index in [1.54, 1.807) is 12.2 Å². The molecule has 0 atom stereocenters. The minimum absolute atomic E-state index is 0.378. The average molecular weight is 455 g/mol. The van der Waals surface area contributed by atoms with Gasteiger partial charge in [-0.15, -0.1) is 12.6 Å². The molecule has 1 fully saturated rings. The number of allylic oxidation sites excluding steroid dienone is 5. The lowest BCUT2D eigenvalue weighted by molar-refractivity contribution is 0.0683. The number of rotatable bonds is 10. The van der Waals surface area contributed by atoms with E-state index in [1.165, 1.54) is 6.21 Å². The van der Waals surface area contributed by atoms with E-state index in [4.69, 9.17) is 28.2 Å². The number of nitrogens with one attached hydrogen (secondary N) is 1. The van der Waals surface area contributed by atoms with Gasteiger partial charge in [-0.05, 0) is 43.5 Å². The second-order valence-electron chi connectivity index (χ2n) is 6.59. The molecule has 0 spiro atoms. The van der Waals surface area contributed by atoms with Gasteiger partial charge in [-0.25, -0.2) is 0 Å². The van der Waals surface area contributed by atoms with Crippen molar-refractivity contribution >= 4 is 31.4 Å². The van der Waals surface area contributed by atoms with Crippen LogP contribution in [0.25, 0.3) is 0 Å². The van der Waals surface area contributed by atoms with Crippen LogP contribution < -0.4 is 11.2 Å². The molecule has 1 aliphatic heterocycles. The topological polar surface area (TPSA) is 87.6 Å². The summed E-state index contributed by atoms with van der Waals surface area (Å²) in [6, 6.07) is 0. The Balaban J connectivity index is 3.28. The third-order valence-corrected chi connectivity index (χ3v) is 4.79. The summed E-state index contributed by atoms with van der Waals surface area (Å²) >= 11 is 4.75. The highest BCUT2D eigenvalue weighted by Gasteiger charge is 2.19. The van der Waals surface area contributed by atoms with Crippen LogP contribution in [0.15, 0.2) is 73.8 Å². The summed E-state index contributed by atoms with van der Waals surface area (Å²) in [7, 11) is 0. The molecule has 1 saturated heterocycles. The Hall–Kier alpha value is -2.86. The third-order valence-electron chi connectivity index (χ3n) is 4.36. The number of amidine groups is 1. The van der Waals surface area contributed by atoms with E-state index >= 15 is 0 Å². The van der Waals surface area contributed by atoms with Crippen molar-refractivity contribution in [3.63, 3.8) is 0 Å². The number of aliphatic imine (C=N–C) groups is 2. The fourth-order valence-corrected chi connectivity index (χ4v) is 3.00. The van der Waals surface area contributed by atoms with Gasteiger partial charge in [-0.3, -0.25) is 9.98 Å². The molecule has 0 radical (unpaired) electrons. The van der Waals surface area contributed by atoms with Crippen molar-refractivity contribution in [2.24, 2.45) is 20.9 Å². The minimum atomic E-state index is 0.378. The van der Waals surface area contributed by atoms with Crippen LogP contribution in [0.2, 0.25) is 0 Å². The van der Waals surface area contributed by atoms with Gasteiger partial charge in [-0.2, -0.15) is 5.10 Å². The number of hydrogen-bond acceptors (Lipinski definition) is 7. The Morgan fingerprint density at radius 1 is 1.34 bits per heavy atom. The largest absolute Gasteiger partial charge is 0.378 e. The van der Waals surface area contributed by atoms with Crippen LogP contribution in [0.5, 0.6) is 0 Å². The predicted molar refractivity (Wildman–Crippen MR) is 140 cm³/mol. The molecular weight excluding hydrogens is 420 g/mol. The molecule has 0 aromatic carbocycles. The Kier molecular flexibility index (Phi) is 14.3. The van der Waals surface area contributed by atoms with Crippen molar-refractivity contribution < 1.29 is 4.74 Å². The standard InChI is InChI=1S/C24H34N6OS/c1-5-7-11-21(20(3)18-29-25)19-28-24(30-14-16-31-17-15-30)23(32)22(26-4)12-9-8-10-13-27-6-2/h5,7,9,11-12,18,27,32H,3-4,6,13-17,19,25H2,1-2H3/b7-5-,12-9+,21-11-,23-22+,28-24?,29-18-. The van der Waals surface area contributed by atoms with E-state index in [0.717, 1.165) is 12.1 Å². The molecule has 0 saturated carbocycles. The molecule has 7 nitrogen and oxygen atoms in total. The molecule has 0 unspecified atom stereocenters. The summed E-state index contributed by atoms with van der Waals surface area (Å²) in [5.74, 6) is 12.0. The van der Waals surface area contributed by atoms with Gasteiger partial charge < -0.3 is 20.8 Å². The van der Waals surface area contributed by atoms with E-state index < -0.39 is 0 Å². The predicted octanol–water partition coefficient (Wildman–Crippen LogP) is 2.73. The van der Waals surface area contributed by atoms with Crippen molar-refractivity contribution in [1.82, 2.24) is 10.2 Å². The maximum absolute atomic E-state index is 5.50. The maximum Gasteiger partial charge on any atom is 0.139 e. The first-order valence-electron chi connectivity index (χ1n) is 10.5. The van der Waals surface area contributed by atoms with Crippen LogP contribution >= 0.6 is 12.6 Å². The van der Waals surface area contributed by atoms with Crippen molar-refractivity contribution in [3.8, 4) is 11.8 Å². The van der Waals surface area contributed by atoms with E-state index in [1.807, 2.05) is 32.1 Å². The first-order chi connectivity index (χ1) is 15.6. The summed E-state index contributed by atoms with van der Waals surface area (Å²) in [4.78, 5) is 11.8. The molecular formula is C24H34N6OS. The first-order valence-corrected chi connectivity index (χ1v) is 10.9. The van der Waals surface area contributed by atoms with Crippen LogP contribution in [-0.4, -0.2) is 69.6 Å². The summed E-state index contributed by atoms with van der Waals surface area (Å²) in [6.45, 7) is 16.3. The zero-order valence-electron chi connectivity index (χ0n) is 19.0. The molecule has 1 aliphatic rings. The quantitative estimate of drug-likeness (QED) is 0.0692. The lowest BCUT2D eigenvalue weighted by Gasteiger charge is -2.30. The van der Waals surface area contributed by atoms with E-state index in [-0.39, 0.29) is 0 Å². The van der Waals surface area contributed by atoms with Gasteiger partial charge in [0.2, 0.25) is 0 Å². The fourth-order valence-electron chi connectivity index (χ4n) is 2.65. The second kappa shape index (κ2) is 16.8. The average Bonchev–Trinajstić information content (AvgIpc) is 2.81. The van der Waals surface area contributed by atoms with Gasteiger partial charge in [0.15, 0.2) is 0 Å². The van der Waals surface area contributed by atoms with Crippen LogP contribution in [0.3, 0.4) is 0 Å². The first kappa shape index (κ1) is 27.2. The zero-order valence-corrected chi connectivity index (χ0v) is 19.9. The van der Waals surface area contributed by atoms with Crippen LogP contribution in [0, 0.1) is 11.8 Å². The van der Waals surface area contributed by atoms with Crippen molar-refractivity contribution in [1.29, 1.82) is 0 Å². The molecule has 0 amide bonds. The minimum Gasteiger partial charge on any atom is -0.378 e. The normalized spacial score (nSPS) is 16.4. The summed E-state index contributed by atoms with van der Waals surface area (Å²) in [6.07, 6.45) is 10.9. The molecule has 0 bridgehead atoms. The Labute approximate surface area is 197 Å². The van der Waals surface area contributed by atoms with Crippen LogP contribution in [-0.2, 0) is 4.74 Å². The van der Waals surface area contributed by atoms with Crippen molar-refractivity contribution in [2.45, 2.75) is 13.8 Å². The summed E-state index contributed by atoms with van der Waals surface area (Å²) in [5.41, 5.74) is 2.18. The monoisotopic (exact) mass is 454 g/mol. The van der Waals surface area contributed by atoms with E-state index in [2.05, 4.69) is 45.4 Å². The molecule has 1 rings (SSSR count). The maximum atomic E-state index is 5.50. The van der Waals surface area contributed by atoms with Gasteiger partial charge in [0.25, 0.3) is 0 Å². The SMILES string of the molecule is C=NC(/C=C/C#CCNCC)=C(/S)C(=NC/C(=C/C=C\C)C(=C)/C=N\N)N1CCOCC1. The number of hydrazone groups is 1. The number of nitrogens with two attached hydrogens (primary N) is 1. The third kappa shape index (κ3) is 9.96. The number of ether oxygens (including phenoxy) is 1. The molecule has 0 aromatic heterocycles. The van der Waals surface area contributed by atoms with Crippen LogP contribution in [0.4, 0.5) is 0 Å². The number of hydrogen-bond donors (Lipinski definition) is 3. The smallest absolute Gasteiger partial charge is 0.139 e. The van der Waals surface area contributed by atoms with Gasteiger partial charge >= 0.3 is 0 Å². The van der Waals surface area contributed by atoms with Crippen molar-refractivity contribution in [2.75, 3.05) is 45.9 Å². The molecule has 1 heterocycles. The molecule has 0 aromatic rings. The van der Waals surface area contributed by atoms with E-state index in [9.17, 15) is 0 Å². The van der Waals surface area contributed by atoms with E-state index in [0.29, 0.717) is 61.4 Å².